The minimum absolute atomic E-state index is 0.135. The molecule has 0 aliphatic carbocycles. The van der Waals surface area contributed by atoms with Gasteiger partial charge in [0.05, 0.1) is 15.5 Å². The lowest BCUT2D eigenvalue weighted by Crippen LogP contribution is -2.38. The van der Waals surface area contributed by atoms with E-state index in [2.05, 4.69) is 0 Å². The third-order valence-corrected chi connectivity index (χ3v) is 6.34. The summed E-state index contributed by atoms with van der Waals surface area (Å²) in [5.41, 5.74) is 1.28. The van der Waals surface area contributed by atoms with Crippen molar-refractivity contribution in [2.75, 3.05) is 0 Å². The van der Waals surface area contributed by atoms with Crippen molar-refractivity contribution in [1.29, 1.82) is 0 Å². The largest absolute Gasteiger partial charge is 0.481 e. The Kier molecular flexibility index (Phi) is 8.14. The van der Waals surface area contributed by atoms with E-state index in [1.165, 1.54) is 6.08 Å². The lowest BCUT2D eigenvalue weighted by atomic mass is 9.69. The highest BCUT2D eigenvalue weighted by Crippen LogP contribution is 2.37. The number of carboxylic acids is 1. The molecule has 3 rings (SSSR count). The second kappa shape index (κ2) is 10.8. The van der Waals surface area contributed by atoms with Crippen LogP contribution in [0.5, 0.6) is 0 Å². The van der Waals surface area contributed by atoms with E-state index < -0.39 is 11.4 Å². The molecule has 1 atom stereocenters. The Balaban J connectivity index is 2.07. The summed E-state index contributed by atoms with van der Waals surface area (Å²) < 4.78 is 0. The molecule has 0 bridgehead atoms. The fourth-order valence-corrected chi connectivity index (χ4v) is 4.11. The van der Waals surface area contributed by atoms with Gasteiger partial charge in [-0.2, -0.15) is 0 Å². The average molecular weight is 488 g/mol. The zero-order valence-corrected chi connectivity index (χ0v) is 19.4. The number of hydrogen-bond donors (Lipinski definition) is 1. The number of halogens is 3. The molecule has 0 spiro atoms. The number of carboxylic acid groups (broad SMARTS) is 1. The van der Waals surface area contributed by atoms with E-state index in [-0.39, 0.29) is 25.0 Å². The highest BCUT2D eigenvalue weighted by atomic mass is 35.5. The maximum atomic E-state index is 13.7. The molecule has 3 aromatic carbocycles. The molecule has 0 saturated heterocycles. The van der Waals surface area contributed by atoms with Crippen LogP contribution in [0.25, 0.3) is 6.08 Å². The van der Waals surface area contributed by atoms with Gasteiger partial charge in [0.25, 0.3) is 0 Å². The SMILES string of the molecule is O=C(O)CCC(Cc1ccc(Cl)c(Cl)c1)(C(=O)C=Cc1ccc(Cl)cc1)c1ccccc1. The molecule has 0 amide bonds. The number of aliphatic carboxylic acids is 1. The Morgan fingerprint density at radius 1 is 0.875 bits per heavy atom. The van der Waals surface area contributed by atoms with Crippen LogP contribution in [0.3, 0.4) is 0 Å². The molecule has 1 unspecified atom stereocenters. The molecule has 3 aromatic rings. The smallest absolute Gasteiger partial charge is 0.303 e. The molecule has 0 fully saturated rings. The van der Waals surface area contributed by atoms with Crippen molar-refractivity contribution < 1.29 is 14.7 Å². The number of allylic oxidation sites excluding steroid dienone is 1. The number of carbonyl (C=O) groups is 2. The van der Waals surface area contributed by atoms with Crippen molar-refractivity contribution in [3.63, 3.8) is 0 Å². The monoisotopic (exact) mass is 486 g/mol. The molecule has 0 radical (unpaired) electrons. The number of carbonyl (C=O) groups excluding carboxylic acids is 1. The molecule has 0 saturated carbocycles. The van der Waals surface area contributed by atoms with E-state index in [1.807, 2.05) is 48.5 Å². The fraction of sp³-hybridized carbons (Fsp3) is 0.154. The molecule has 164 valence electrons. The van der Waals surface area contributed by atoms with Gasteiger partial charge in [-0.15, -0.1) is 0 Å². The molecular formula is C26H21Cl3O3. The van der Waals surface area contributed by atoms with Crippen molar-refractivity contribution in [2.45, 2.75) is 24.7 Å². The van der Waals surface area contributed by atoms with Gasteiger partial charge in [0.15, 0.2) is 5.78 Å². The Hall–Kier alpha value is -2.59. The van der Waals surface area contributed by atoms with Crippen LogP contribution in [0.1, 0.15) is 29.5 Å². The summed E-state index contributed by atoms with van der Waals surface area (Å²) in [5, 5.41) is 10.8. The predicted molar refractivity (Wildman–Crippen MR) is 131 cm³/mol. The van der Waals surface area contributed by atoms with Crippen molar-refractivity contribution in [1.82, 2.24) is 0 Å². The van der Waals surface area contributed by atoms with E-state index >= 15 is 0 Å². The van der Waals surface area contributed by atoms with Crippen molar-refractivity contribution in [3.05, 3.63) is 111 Å². The standard InChI is InChI=1S/C26H21Cl3O3/c27-21-10-6-18(7-11-21)9-13-24(30)26(15-14-25(31)32,20-4-2-1-3-5-20)17-19-8-12-22(28)23(29)16-19/h1-13,16H,14-15,17H2,(H,31,32). The minimum Gasteiger partial charge on any atom is -0.481 e. The lowest BCUT2D eigenvalue weighted by molar-refractivity contribution is -0.137. The molecule has 0 aromatic heterocycles. The third kappa shape index (κ3) is 6.01. The van der Waals surface area contributed by atoms with Crippen LogP contribution in [0.15, 0.2) is 78.9 Å². The quantitative estimate of drug-likeness (QED) is 0.323. The molecule has 0 heterocycles. The topological polar surface area (TPSA) is 54.4 Å². The highest BCUT2D eigenvalue weighted by Gasteiger charge is 2.39. The van der Waals surface area contributed by atoms with Gasteiger partial charge in [-0.25, -0.2) is 0 Å². The predicted octanol–water partition coefficient (Wildman–Crippen LogP) is 7.27. The van der Waals surface area contributed by atoms with Gasteiger partial charge in [-0.1, -0.05) is 89.4 Å². The first-order chi connectivity index (χ1) is 15.3. The minimum atomic E-state index is -1.08. The molecular weight excluding hydrogens is 467 g/mol. The number of rotatable bonds is 9. The van der Waals surface area contributed by atoms with Gasteiger partial charge in [0.2, 0.25) is 0 Å². The molecule has 6 heteroatoms. The van der Waals surface area contributed by atoms with Crippen LogP contribution in [0.2, 0.25) is 15.1 Å². The zero-order chi connectivity index (χ0) is 23.1. The summed E-state index contributed by atoms with van der Waals surface area (Å²) in [4.78, 5) is 25.2. The average Bonchev–Trinajstić information content (AvgIpc) is 2.79. The molecule has 0 aliphatic heterocycles. The molecule has 3 nitrogen and oxygen atoms in total. The third-order valence-electron chi connectivity index (χ3n) is 5.35. The maximum Gasteiger partial charge on any atom is 0.303 e. The van der Waals surface area contributed by atoms with Crippen molar-refractivity contribution in [2.24, 2.45) is 0 Å². The first kappa shape index (κ1) is 24.1. The van der Waals surface area contributed by atoms with E-state index in [1.54, 1.807) is 30.3 Å². The van der Waals surface area contributed by atoms with Crippen LogP contribution in [0, 0.1) is 0 Å². The van der Waals surface area contributed by atoms with Crippen LogP contribution in [0.4, 0.5) is 0 Å². The lowest BCUT2D eigenvalue weighted by Gasteiger charge is -2.32. The molecule has 0 aliphatic rings. The van der Waals surface area contributed by atoms with Crippen molar-refractivity contribution >= 4 is 52.6 Å². The second-order valence-electron chi connectivity index (χ2n) is 7.52. The van der Waals surface area contributed by atoms with E-state index in [4.69, 9.17) is 34.8 Å². The Labute approximate surface area is 202 Å². The Bertz CT molecular complexity index is 1120. The van der Waals surface area contributed by atoms with Crippen molar-refractivity contribution in [3.8, 4) is 0 Å². The summed E-state index contributed by atoms with van der Waals surface area (Å²) in [6.07, 6.45) is 3.49. The van der Waals surface area contributed by atoms with Crippen LogP contribution >= 0.6 is 34.8 Å². The van der Waals surface area contributed by atoms with Gasteiger partial charge in [0, 0.05) is 11.4 Å². The van der Waals surface area contributed by atoms with Crippen LogP contribution in [-0.4, -0.2) is 16.9 Å². The first-order valence-electron chi connectivity index (χ1n) is 9.99. The summed E-state index contributed by atoms with van der Waals surface area (Å²) in [6.45, 7) is 0. The Morgan fingerprint density at radius 3 is 2.19 bits per heavy atom. The Morgan fingerprint density at radius 2 is 1.56 bits per heavy atom. The normalized spacial score (nSPS) is 13.1. The van der Waals surface area contributed by atoms with Gasteiger partial charge in [-0.05, 0) is 59.9 Å². The number of benzene rings is 3. The van der Waals surface area contributed by atoms with Crippen LogP contribution in [-0.2, 0) is 21.4 Å². The molecule has 32 heavy (non-hydrogen) atoms. The van der Waals surface area contributed by atoms with E-state index in [0.717, 1.165) is 16.7 Å². The van der Waals surface area contributed by atoms with Gasteiger partial charge in [0.1, 0.15) is 0 Å². The highest BCUT2D eigenvalue weighted by molar-refractivity contribution is 6.42. The summed E-state index contributed by atoms with van der Waals surface area (Å²) in [7, 11) is 0. The fourth-order valence-electron chi connectivity index (χ4n) is 3.67. The molecule has 1 N–H and O–H groups in total. The van der Waals surface area contributed by atoms with E-state index in [0.29, 0.717) is 15.1 Å². The number of ketones is 1. The summed E-state index contributed by atoms with van der Waals surface area (Å²) >= 11 is 18.2. The van der Waals surface area contributed by atoms with Gasteiger partial charge < -0.3 is 5.11 Å². The maximum absolute atomic E-state index is 13.7. The van der Waals surface area contributed by atoms with E-state index in [9.17, 15) is 14.7 Å². The second-order valence-corrected chi connectivity index (χ2v) is 8.77. The summed E-state index contributed by atoms with van der Waals surface area (Å²) in [6, 6.07) is 21.6. The first-order valence-corrected chi connectivity index (χ1v) is 11.1. The zero-order valence-electron chi connectivity index (χ0n) is 17.1. The number of hydrogen-bond acceptors (Lipinski definition) is 2. The van der Waals surface area contributed by atoms with Gasteiger partial charge in [-0.3, -0.25) is 9.59 Å². The van der Waals surface area contributed by atoms with Crippen LogP contribution < -0.4 is 0 Å². The van der Waals surface area contributed by atoms with Gasteiger partial charge >= 0.3 is 5.97 Å². The summed E-state index contributed by atoms with van der Waals surface area (Å²) in [5.74, 6) is -1.15.